The Kier molecular flexibility index (Phi) is 3.66. The number of hydrogen-bond donors (Lipinski definition) is 2. The molecule has 1 aliphatic rings. The van der Waals surface area contributed by atoms with Gasteiger partial charge in [0.05, 0.1) is 11.0 Å². The molecule has 0 bridgehead atoms. The first-order valence-corrected chi connectivity index (χ1v) is 5.14. The Hall–Kier alpha value is -0.640. The highest BCUT2D eigenvalue weighted by atomic mass is 32.1. The van der Waals surface area contributed by atoms with Crippen LogP contribution in [-0.2, 0) is 4.79 Å². The molecule has 74 valence electrons. The van der Waals surface area contributed by atoms with Crippen molar-refractivity contribution in [2.24, 2.45) is 11.7 Å². The van der Waals surface area contributed by atoms with Crippen LogP contribution in [-0.4, -0.2) is 16.9 Å². The van der Waals surface area contributed by atoms with E-state index in [1.165, 1.54) is 0 Å². The van der Waals surface area contributed by atoms with Gasteiger partial charge in [0.15, 0.2) is 0 Å². The average Bonchev–Trinajstić information content (AvgIpc) is 2.82. The predicted molar refractivity (Wildman–Crippen MR) is 56.3 cm³/mol. The molecule has 0 heterocycles. The molecule has 1 fully saturated rings. The summed E-state index contributed by atoms with van der Waals surface area (Å²) in [5.41, 5.74) is 5.54. The molecule has 1 unspecified atom stereocenters. The lowest BCUT2D eigenvalue weighted by molar-refractivity contribution is -0.121. The van der Waals surface area contributed by atoms with E-state index in [2.05, 4.69) is 5.32 Å². The summed E-state index contributed by atoms with van der Waals surface area (Å²) in [4.78, 5) is 11.7. The van der Waals surface area contributed by atoms with E-state index in [-0.39, 0.29) is 11.9 Å². The molecule has 0 radical (unpaired) electrons. The molecular weight excluding hydrogens is 184 g/mol. The minimum Gasteiger partial charge on any atom is -0.392 e. The van der Waals surface area contributed by atoms with Crippen molar-refractivity contribution < 1.29 is 4.79 Å². The predicted octanol–water partition coefficient (Wildman–Crippen LogP) is 0.967. The lowest BCUT2D eigenvalue weighted by atomic mass is 10.2. The SMILES string of the molecule is CCCC(=O)NC(C(N)=S)C1CC1. The van der Waals surface area contributed by atoms with Crippen molar-refractivity contribution in [3.05, 3.63) is 0 Å². The largest absolute Gasteiger partial charge is 0.392 e. The zero-order chi connectivity index (χ0) is 9.84. The van der Waals surface area contributed by atoms with Gasteiger partial charge < -0.3 is 11.1 Å². The molecule has 0 aliphatic heterocycles. The number of nitrogens with two attached hydrogens (primary N) is 1. The smallest absolute Gasteiger partial charge is 0.220 e. The van der Waals surface area contributed by atoms with E-state index in [1.54, 1.807) is 0 Å². The van der Waals surface area contributed by atoms with Crippen LogP contribution in [0.1, 0.15) is 32.6 Å². The average molecular weight is 200 g/mol. The Morgan fingerprint density at radius 1 is 1.69 bits per heavy atom. The highest BCUT2D eigenvalue weighted by Gasteiger charge is 2.33. The quantitative estimate of drug-likeness (QED) is 0.650. The van der Waals surface area contributed by atoms with Crippen molar-refractivity contribution in [1.29, 1.82) is 0 Å². The molecule has 13 heavy (non-hydrogen) atoms. The maximum absolute atomic E-state index is 11.3. The molecular formula is C9H16N2OS. The summed E-state index contributed by atoms with van der Waals surface area (Å²) in [6, 6.07) is -0.0611. The molecule has 0 aromatic rings. The Morgan fingerprint density at radius 2 is 2.31 bits per heavy atom. The van der Waals surface area contributed by atoms with E-state index < -0.39 is 0 Å². The highest BCUT2D eigenvalue weighted by Crippen LogP contribution is 2.32. The number of thiocarbonyl (C=S) groups is 1. The Morgan fingerprint density at radius 3 is 2.69 bits per heavy atom. The van der Waals surface area contributed by atoms with Gasteiger partial charge in [0.2, 0.25) is 5.91 Å². The lowest BCUT2D eigenvalue weighted by Crippen LogP contribution is -2.44. The normalized spacial score (nSPS) is 17.9. The molecule has 0 saturated heterocycles. The standard InChI is InChI=1S/C9H16N2OS/c1-2-3-7(12)11-8(9(10)13)6-4-5-6/h6,8H,2-5H2,1H3,(H2,10,13)(H,11,12). The monoisotopic (exact) mass is 200 g/mol. The topological polar surface area (TPSA) is 55.1 Å². The van der Waals surface area contributed by atoms with E-state index in [0.29, 0.717) is 17.3 Å². The second-order valence-electron chi connectivity index (χ2n) is 3.53. The zero-order valence-electron chi connectivity index (χ0n) is 7.88. The van der Waals surface area contributed by atoms with Crippen molar-refractivity contribution in [3.63, 3.8) is 0 Å². The number of nitrogens with one attached hydrogen (secondary N) is 1. The summed E-state index contributed by atoms with van der Waals surface area (Å²) >= 11 is 4.90. The van der Waals surface area contributed by atoms with Crippen LogP contribution < -0.4 is 11.1 Å². The first-order chi connectivity index (χ1) is 6.15. The first-order valence-electron chi connectivity index (χ1n) is 4.73. The molecule has 3 nitrogen and oxygen atoms in total. The van der Waals surface area contributed by atoms with E-state index in [4.69, 9.17) is 18.0 Å². The van der Waals surface area contributed by atoms with Crippen LogP contribution in [0.25, 0.3) is 0 Å². The van der Waals surface area contributed by atoms with Gasteiger partial charge >= 0.3 is 0 Å². The molecule has 1 aliphatic carbocycles. The van der Waals surface area contributed by atoms with Gasteiger partial charge in [0.1, 0.15) is 0 Å². The Bertz CT molecular complexity index is 214. The van der Waals surface area contributed by atoms with Gasteiger partial charge in [-0.05, 0) is 25.2 Å². The van der Waals surface area contributed by atoms with Crippen LogP contribution in [0, 0.1) is 5.92 Å². The van der Waals surface area contributed by atoms with Crippen molar-refractivity contribution in [1.82, 2.24) is 5.32 Å². The van der Waals surface area contributed by atoms with Crippen molar-refractivity contribution >= 4 is 23.1 Å². The summed E-state index contributed by atoms with van der Waals surface area (Å²) in [5, 5.41) is 2.87. The lowest BCUT2D eigenvalue weighted by Gasteiger charge is -2.16. The molecule has 1 saturated carbocycles. The summed E-state index contributed by atoms with van der Waals surface area (Å²) in [6.45, 7) is 1.98. The minimum absolute atomic E-state index is 0.0611. The molecule has 0 spiro atoms. The summed E-state index contributed by atoms with van der Waals surface area (Å²) < 4.78 is 0. The third kappa shape index (κ3) is 3.30. The van der Waals surface area contributed by atoms with Gasteiger partial charge in [0, 0.05) is 6.42 Å². The third-order valence-corrected chi connectivity index (χ3v) is 2.45. The van der Waals surface area contributed by atoms with Gasteiger partial charge in [0.25, 0.3) is 0 Å². The van der Waals surface area contributed by atoms with Gasteiger partial charge in [-0.1, -0.05) is 19.1 Å². The van der Waals surface area contributed by atoms with Crippen molar-refractivity contribution in [2.45, 2.75) is 38.6 Å². The van der Waals surface area contributed by atoms with Gasteiger partial charge in [-0.3, -0.25) is 4.79 Å². The summed E-state index contributed by atoms with van der Waals surface area (Å²) in [5.74, 6) is 0.561. The van der Waals surface area contributed by atoms with E-state index >= 15 is 0 Å². The van der Waals surface area contributed by atoms with Gasteiger partial charge in [-0.25, -0.2) is 0 Å². The maximum atomic E-state index is 11.3. The van der Waals surface area contributed by atoms with Crippen LogP contribution in [0.3, 0.4) is 0 Å². The molecule has 0 aromatic carbocycles. The van der Waals surface area contributed by atoms with Gasteiger partial charge in [-0.2, -0.15) is 0 Å². The molecule has 1 atom stereocenters. The van der Waals surface area contributed by atoms with Crippen LogP contribution in [0.15, 0.2) is 0 Å². The van der Waals surface area contributed by atoms with Crippen LogP contribution in [0.2, 0.25) is 0 Å². The third-order valence-electron chi connectivity index (χ3n) is 2.19. The molecule has 1 rings (SSSR count). The summed E-state index contributed by atoms with van der Waals surface area (Å²) in [7, 11) is 0. The van der Waals surface area contributed by atoms with Crippen molar-refractivity contribution in [2.75, 3.05) is 0 Å². The van der Waals surface area contributed by atoms with E-state index in [0.717, 1.165) is 19.3 Å². The minimum atomic E-state index is -0.0611. The second-order valence-corrected chi connectivity index (χ2v) is 4.01. The van der Waals surface area contributed by atoms with E-state index in [1.807, 2.05) is 6.92 Å². The Labute approximate surface area is 84.1 Å². The number of rotatable bonds is 5. The number of hydrogen-bond acceptors (Lipinski definition) is 2. The van der Waals surface area contributed by atoms with Crippen LogP contribution >= 0.6 is 12.2 Å². The second kappa shape index (κ2) is 4.56. The fraction of sp³-hybridized carbons (Fsp3) is 0.778. The first kappa shape index (κ1) is 10.4. The fourth-order valence-corrected chi connectivity index (χ4v) is 1.57. The van der Waals surface area contributed by atoms with Crippen LogP contribution in [0.5, 0.6) is 0 Å². The highest BCUT2D eigenvalue weighted by molar-refractivity contribution is 7.80. The van der Waals surface area contributed by atoms with Gasteiger partial charge in [-0.15, -0.1) is 0 Å². The number of carbonyl (C=O) groups is 1. The summed E-state index contributed by atoms with van der Waals surface area (Å²) in [6.07, 6.45) is 3.69. The molecule has 0 aromatic heterocycles. The molecule has 1 amide bonds. The number of carbonyl (C=O) groups excluding carboxylic acids is 1. The Balaban J connectivity index is 2.37. The maximum Gasteiger partial charge on any atom is 0.220 e. The molecule has 3 N–H and O–H groups in total. The fourth-order valence-electron chi connectivity index (χ4n) is 1.32. The van der Waals surface area contributed by atoms with Crippen LogP contribution in [0.4, 0.5) is 0 Å². The van der Waals surface area contributed by atoms with Crippen molar-refractivity contribution in [3.8, 4) is 0 Å². The van der Waals surface area contributed by atoms with E-state index in [9.17, 15) is 4.79 Å². The number of amides is 1. The zero-order valence-corrected chi connectivity index (χ0v) is 8.69. The molecule has 4 heteroatoms.